The lowest BCUT2D eigenvalue weighted by molar-refractivity contribution is 0.668. The van der Waals surface area contributed by atoms with E-state index in [4.69, 9.17) is 23.8 Å². The van der Waals surface area contributed by atoms with Gasteiger partial charge in [-0.05, 0) is 127 Å². The lowest BCUT2D eigenvalue weighted by Gasteiger charge is -2.30. The van der Waals surface area contributed by atoms with Crippen LogP contribution in [0.5, 0.6) is 0 Å². The van der Waals surface area contributed by atoms with Gasteiger partial charge in [-0.25, -0.2) is 15.0 Å². The fourth-order valence-electron chi connectivity index (χ4n) is 12.9. The van der Waals surface area contributed by atoms with Gasteiger partial charge in [0, 0.05) is 58.4 Å². The molecular formula is C70H39N3O2S. The fourth-order valence-corrected chi connectivity index (χ4v) is 14.0. The monoisotopic (exact) mass is 985 g/mol. The van der Waals surface area contributed by atoms with Crippen LogP contribution in [0.4, 0.5) is 0 Å². The van der Waals surface area contributed by atoms with Gasteiger partial charge in [0.2, 0.25) is 0 Å². The summed E-state index contributed by atoms with van der Waals surface area (Å²) in [6, 6.07) is 85.1. The summed E-state index contributed by atoms with van der Waals surface area (Å²) >= 11 is 1.79. The normalized spacial score (nSPS) is 13.1. The third-order valence-electron chi connectivity index (χ3n) is 16.2. The molecule has 0 bridgehead atoms. The van der Waals surface area contributed by atoms with Crippen molar-refractivity contribution in [2.24, 2.45) is 0 Å². The molecule has 0 amide bonds. The van der Waals surface area contributed by atoms with Gasteiger partial charge in [-0.2, -0.15) is 0 Å². The first-order valence-corrected chi connectivity index (χ1v) is 26.5. The molecule has 17 rings (SSSR count). The van der Waals surface area contributed by atoms with Crippen LogP contribution < -0.4 is 0 Å². The summed E-state index contributed by atoms with van der Waals surface area (Å²) in [4.78, 5) is 16.0. The molecule has 2 aliphatic carbocycles. The Morgan fingerprint density at radius 3 is 1.47 bits per heavy atom. The van der Waals surface area contributed by atoms with Crippen LogP contribution in [0.2, 0.25) is 0 Å². The Balaban J connectivity index is 0.786. The van der Waals surface area contributed by atoms with Crippen molar-refractivity contribution in [3.8, 4) is 78.7 Å². The topological polar surface area (TPSA) is 65.0 Å². The second-order valence-electron chi connectivity index (χ2n) is 20.1. The molecule has 2 aliphatic rings. The molecule has 0 saturated heterocycles. The Labute approximate surface area is 439 Å². The molecule has 6 heteroatoms. The molecule has 76 heavy (non-hydrogen) atoms. The van der Waals surface area contributed by atoms with Crippen LogP contribution >= 0.6 is 11.3 Å². The highest BCUT2D eigenvalue weighted by atomic mass is 32.1. The van der Waals surface area contributed by atoms with Gasteiger partial charge in [-0.15, -0.1) is 11.3 Å². The highest BCUT2D eigenvalue weighted by molar-refractivity contribution is 7.25. The number of hydrogen-bond acceptors (Lipinski definition) is 6. The van der Waals surface area contributed by atoms with Crippen LogP contribution in [0.3, 0.4) is 0 Å². The van der Waals surface area contributed by atoms with Crippen molar-refractivity contribution in [1.29, 1.82) is 0 Å². The molecule has 0 unspecified atom stereocenters. The Morgan fingerprint density at radius 1 is 0.276 bits per heavy atom. The van der Waals surface area contributed by atoms with Crippen molar-refractivity contribution >= 4 is 75.4 Å². The van der Waals surface area contributed by atoms with Gasteiger partial charge in [0.25, 0.3) is 0 Å². The van der Waals surface area contributed by atoms with E-state index in [0.29, 0.717) is 17.5 Å². The average molecular weight is 986 g/mol. The molecule has 4 aromatic heterocycles. The lowest BCUT2D eigenvalue weighted by atomic mass is 9.70. The summed E-state index contributed by atoms with van der Waals surface area (Å²) in [6.07, 6.45) is 0. The quantitative estimate of drug-likeness (QED) is 0.172. The largest absolute Gasteiger partial charge is 0.456 e. The molecule has 0 N–H and O–H groups in total. The predicted octanol–water partition coefficient (Wildman–Crippen LogP) is 18.7. The number of furan rings is 2. The van der Waals surface area contributed by atoms with Crippen LogP contribution in [0.25, 0.3) is 143 Å². The maximum Gasteiger partial charge on any atom is 0.164 e. The number of fused-ring (bicyclic) bond motifs is 19. The van der Waals surface area contributed by atoms with Crippen molar-refractivity contribution in [3.05, 3.63) is 259 Å². The summed E-state index contributed by atoms with van der Waals surface area (Å²) in [5.74, 6) is 1.76. The molecule has 0 fully saturated rings. The van der Waals surface area contributed by atoms with Crippen LogP contribution in [-0.2, 0) is 5.41 Å². The highest BCUT2D eigenvalue weighted by Gasteiger charge is 2.51. The molecular weight excluding hydrogens is 947 g/mol. The number of rotatable bonds is 5. The number of benzene rings is 11. The van der Waals surface area contributed by atoms with Crippen molar-refractivity contribution in [2.45, 2.75) is 5.41 Å². The van der Waals surface area contributed by atoms with Gasteiger partial charge >= 0.3 is 0 Å². The smallest absolute Gasteiger partial charge is 0.164 e. The average Bonchev–Trinajstić information content (AvgIpc) is 4.42. The first-order valence-electron chi connectivity index (χ1n) is 25.7. The molecule has 5 nitrogen and oxygen atoms in total. The molecule has 4 heterocycles. The van der Waals surface area contributed by atoms with E-state index in [-0.39, 0.29) is 5.41 Å². The molecule has 0 atom stereocenters. The Bertz CT molecular complexity index is 4920. The number of aromatic nitrogens is 3. The first kappa shape index (κ1) is 41.7. The molecule has 0 radical (unpaired) electrons. The zero-order valence-corrected chi connectivity index (χ0v) is 41.4. The standard InChI is InChI=1S/C70H39N3O2S/c1-6-20-55-45(13-1)46-14-2-7-21-56(46)70(55)57-22-8-3-15-47(57)52-37-42(31-34-58(52)70)40-27-29-41(30-28-40)43-32-35-61-54(38-43)65-50(18-11-24-62(65)75-61)68-71-67(44-33-36-60-53(39-44)48-16-4-9-23-59(48)74-60)72-69(73-68)51-19-12-26-64-66(51)49-17-5-10-25-63(49)76-64/h1-39H. The fraction of sp³-hybridized carbons (Fsp3) is 0.0143. The second kappa shape index (κ2) is 15.6. The zero-order valence-electron chi connectivity index (χ0n) is 40.6. The molecule has 352 valence electrons. The predicted molar refractivity (Wildman–Crippen MR) is 311 cm³/mol. The van der Waals surface area contributed by atoms with Crippen molar-refractivity contribution in [2.75, 3.05) is 0 Å². The number of para-hydroxylation sites is 1. The molecule has 11 aromatic carbocycles. The van der Waals surface area contributed by atoms with E-state index in [1.165, 1.54) is 70.4 Å². The van der Waals surface area contributed by atoms with Gasteiger partial charge < -0.3 is 8.83 Å². The molecule has 1 spiro atoms. The zero-order chi connectivity index (χ0) is 49.6. The minimum atomic E-state index is -0.356. The van der Waals surface area contributed by atoms with E-state index >= 15 is 0 Å². The third kappa shape index (κ3) is 5.81. The van der Waals surface area contributed by atoms with E-state index in [1.54, 1.807) is 11.3 Å². The molecule has 0 aliphatic heterocycles. The van der Waals surface area contributed by atoms with E-state index in [9.17, 15) is 0 Å². The summed E-state index contributed by atoms with van der Waals surface area (Å²) in [6.45, 7) is 0. The minimum absolute atomic E-state index is 0.356. The van der Waals surface area contributed by atoms with E-state index < -0.39 is 0 Å². The number of nitrogens with zero attached hydrogens (tertiary/aromatic N) is 3. The van der Waals surface area contributed by atoms with Gasteiger partial charge in [0.1, 0.15) is 22.3 Å². The molecule has 15 aromatic rings. The Hall–Kier alpha value is -9.75. The first-order chi connectivity index (χ1) is 37.6. The van der Waals surface area contributed by atoms with Crippen molar-refractivity contribution < 1.29 is 8.83 Å². The number of hydrogen-bond donors (Lipinski definition) is 0. The molecule has 0 saturated carbocycles. The van der Waals surface area contributed by atoms with Gasteiger partial charge in [-0.1, -0.05) is 176 Å². The van der Waals surface area contributed by atoms with E-state index in [0.717, 1.165) is 77.1 Å². The maximum absolute atomic E-state index is 6.64. The Morgan fingerprint density at radius 2 is 0.737 bits per heavy atom. The maximum atomic E-state index is 6.64. The summed E-state index contributed by atoms with van der Waals surface area (Å²) in [5.41, 5.74) is 20.8. The third-order valence-corrected chi connectivity index (χ3v) is 17.3. The lowest BCUT2D eigenvalue weighted by Crippen LogP contribution is -2.25. The minimum Gasteiger partial charge on any atom is -0.456 e. The summed E-state index contributed by atoms with van der Waals surface area (Å²) in [7, 11) is 0. The van der Waals surface area contributed by atoms with Crippen LogP contribution in [0.1, 0.15) is 22.3 Å². The van der Waals surface area contributed by atoms with Crippen molar-refractivity contribution in [3.63, 3.8) is 0 Å². The van der Waals surface area contributed by atoms with Gasteiger partial charge in [0.05, 0.1) is 5.41 Å². The summed E-state index contributed by atoms with van der Waals surface area (Å²) in [5, 5.41) is 6.34. The summed E-state index contributed by atoms with van der Waals surface area (Å²) < 4.78 is 15.3. The van der Waals surface area contributed by atoms with E-state index in [1.807, 2.05) is 42.5 Å². The SMILES string of the molecule is c1ccc2c(c1)-c1ccccc1C21c2ccccc2-c2cc(-c3ccc(-c4ccc5oc6cccc(-c7nc(-c8ccc9oc%10ccccc%10c9c8)nc(-c8cccc9sc%10ccccc%10c89)n7)c6c5c4)cc3)ccc21. The van der Waals surface area contributed by atoms with Gasteiger partial charge in [0.15, 0.2) is 17.5 Å². The van der Waals surface area contributed by atoms with Gasteiger partial charge in [-0.3, -0.25) is 0 Å². The highest BCUT2D eigenvalue weighted by Crippen LogP contribution is 2.63. The van der Waals surface area contributed by atoms with Crippen LogP contribution in [-0.4, -0.2) is 15.0 Å². The van der Waals surface area contributed by atoms with Crippen LogP contribution in [0.15, 0.2) is 245 Å². The number of thiophene rings is 1. The van der Waals surface area contributed by atoms with E-state index in [2.05, 4.69) is 194 Å². The van der Waals surface area contributed by atoms with Crippen LogP contribution in [0, 0.1) is 0 Å². The Kier molecular flexibility index (Phi) is 8.58. The second-order valence-corrected chi connectivity index (χ2v) is 21.2. The van der Waals surface area contributed by atoms with Crippen molar-refractivity contribution in [1.82, 2.24) is 15.0 Å².